The van der Waals surface area contributed by atoms with Gasteiger partial charge in [-0.3, -0.25) is 0 Å². The summed E-state index contributed by atoms with van der Waals surface area (Å²) < 4.78 is 0. The van der Waals surface area contributed by atoms with Crippen LogP contribution in [0.4, 0.5) is 0 Å². The van der Waals surface area contributed by atoms with Crippen LogP contribution in [0, 0.1) is 55.4 Å². The van der Waals surface area contributed by atoms with Gasteiger partial charge in [-0.25, -0.2) is 0 Å². The molecule has 6 nitrogen and oxygen atoms in total. The number of hydrogen-bond donors (Lipinski definition) is 6. The first-order chi connectivity index (χ1) is 25.5. The van der Waals surface area contributed by atoms with Crippen LogP contribution in [0.1, 0.15) is 89.0 Å². The second-order valence-corrected chi connectivity index (χ2v) is 15.0. The summed E-state index contributed by atoms with van der Waals surface area (Å²) in [5.41, 5.74) is 14.3. The Balaban J connectivity index is 0.000000208. The van der Waals surface area contributed by atoms with Gasteiger partial charge >= 0.3 is 0 Å². The lowest BCUT2D eigenvalue weighted by Gasteiger charge is -2.15. The van der Waals surface area contributed by atoms with E-state index in [4.69, 9.17) is 0 Å². The van der Waals surface area contributed by atoms with Gasteiger partial charge in [0.2, 0.25) is 0 Å². The summed E-state index contributed by atoms with van der Waals surface area (Å²) >= 11 is 0. The highest BCUT2D eigenvalue weighted by Crippen LogP contribution is 2.36. The van der Waals surface area contributed by atoms with Crippen molar-refractivity contribution in [1.29, 1.82) is 0 Å². The quantitative estimate of drug-likeness (QED) is 0.0929. The van der Waals surface area contributed by atoms with Crippen molar-refractivity contribution in [3.05, 3.63) is 174 Å². The predicted octanol–water partition coefficient (Wildman–Crippen LogP) is 10.4. The van der Waals surface area contributed by atoms with Gasteiger partial charge in [-0.15, -0.1) is 0 Å². The summed E-state index contributed by atoms with van der Waals surface area (Å²) in [6, 6.07) is 26.6. The van der Waals surface area contributed by atoms with E-state index in [1.165, 1.54) is 0 Å². The summed E-state index contributed by atoms with van der Waals surface area (Å²) in [7, 11) is 0. The van der Waals surface area contributed by atoms with Gasteiger partial charge in [0.25, 0.3) is 0 Å². The second kappa shape index (κ2) is 16.4. The number of hydrogen-bond acceptors (Lipinski definition) is 6. The van der Waals surface area contributed by atoms with Crippen LogP contribution in [0.5, 0.6) is 34.5 Å². The van der Waals surface area contributed by atoms with Gasteiger partial charge in [0.1, 0.15) is 34.5 Å². The zero-order valence-electron chi connectivity index (χ0n) is 32.6. The third-order valence-corrected chi connectivity index (χ3v) is 9.87. The SMILES string of the molecule is Cc1cc(C)c(O)c(Cc2cc(C)cc(Cc3cc(C)cc(C)c3O)c2O)c1.Cc1ccc(O)c(Cc2cc(C)cc(Cc3cc(C)ccc3O)c2O)c1. The molecule has 0 unspecified atom stereocenters. The van der Waals surface area contributed by atoms with Crippen LogP contribution >= 0.6 is 0 Å². The molecule has 6 aromatic carbocycles. The smallest absolute Gasteiger partial charge is 0.122 e. The number of aromatic hydroxyl groups is 6. The average molecular weight is 725 g/mol. The van der Waals surface area contributed by atoms with E-state index in [2.05, 4.69) is 0 Å². The Kier molecular flexibility index (Phi) is 12.0. The topological polar surface area (TPSA) is 121 Å². The lowest BCUT2D eigenvalue weighted by molar-refractivity contribution is 0.454. The Morgan fingerprint density at radius 3 is 0.833 bits per heavy atom. The lowest BCUT2D eigenvalue weighted by atomic mass is 9.92. The minimum atomic E-state index is 0.220. The maximum Gasteiger partial charge on any atom is 0.122 e. The maximum absolute atomic E-state index is 10.9. The van der Waals surface area contributed by atoms with Crippen molar-refractivity contribution in [1.82, 2.24) is 0 Å². The molecular formula is C48H52O6. The van der Waals surface area contributed by atoms with Crippen molar-refractivity contribution >= 4 is 0 Å². The molecule has 0 atom stereocenters. The number of benzene rings is 6. The molecule has 0 spiro atoms. The van der Waals surface area contributed by atoms with Gasteiger partial charge in [-0.2, -0.15) is 0 Å². The Hall–Kier alpha value is -5.88. The Morgan fingerprint density at radius 2 is 0.519 bits per heavy atom. The van der Waals surface area contributed by atoms with Crippen LogP contribution in [0.25, 0.3) is 0 Å². The molecule has 54 heavy (non-hydrogen) atoms. The predicted molar refractivity (Wildman–Crippen MR) is 218 cm³/mol. The molecule has 6 aromatic rings. The van der Waals surface area contributed by atoms with Gasteiger partial charge < -0.3 is 30.6 Å². The zero-order chi connectivity index (χ0) is 39.4. The van der Waals surface area contributed by atoms with Crippen LogP contribution in [0.15, 0.2) is 84.9 Å². The van der Waals surface area contributed by atoms with E-state index in [-0.39, 0.29) is 34.5 Å². The Bertz CT molecular complexity index is 2180. The number of aryl methyl sites for hydroxylation is 8. The molecule has 0 aliphatic heterocycles. The molecule has 0 bridgehead atoms. The highest BCUT2D eigenvalue weighted by molar-refractivity contribution is 5.54. The van der Waals surface area contributed by atoms with Crippen molar-refractivity contribution in [2.75, 3.05) is 0 Å². The fourth-order valence-electron chi connectivity index (χ4n) is 7.31. The number of phenols is 6. The van der Waals surface area contributed by atoms with Crippen molar-refractivity contribution in [3.63, 3.8) is 0 Å². The molecule has 0 amide bonds. The Morgan fingerprint density at radius 1 is 0.278 bits per heavy atom. The van der Waals surface area contributed by atoms with Gasteiger partial charge in [0.05, 0.1) is 0 Å². The fourth-order valence-corrected chi connectivity index (χ4v) is 7.31. The summed E-state index contributed by atoms with van der Waals surface area (Å²) in [6.45, 7) is 15.7. The fraction of sp³-hybridized carbons (Fsp3) is 0.250. The summed E-state index contributed by atoms with van der Waals surface area (Å²) in [4.78, 5) is 0. The van der Waals surface area contributed by atoms with Crippen LogP contribution in [0.2, 0.25) is 0 Å². The molecular weight excluding hydrogens is 673 g/mol. The van der Waals surface area contributed by atoms with E-state index in [1.807, 2.05) is 128 Å². The minimum absolute atomic E-state index is 0.220. The first kappa shape index (κ1) is 39.3. The first-order valence-electron chi connectivity index (χ1n) is 18.3. The largest absolute Gasteiger partial charge is 0.508 e. The summed E-state index contributed by atoms with van der Waals surface area (Å²) in [6.07, 6.45) is 1.81. The van der Waals surface area contributed by atoms with E-state index in [0.29, 0.717) is 25.7 Å². The Labute approximate surface area is 319 Å². The minimum Gasteiger partial charge on any atom is -0.508 e. The molecule has 6 heteroatoms. The standard InChI is InChI=1S/C25H28O3.C23H24O3/c1-14-6-17(4)23(26)19(8-14)12-21-10-16(3)11-22(25(21)28)13-20-9-15(2)7-18(5)24(20)27;1-14-4-6-21(24)17(8-14)12-19-10-16(3)11-20(23(19)26)13-18-9-15(2)5-7-22(18)25/h6-11,26-28H,12-13H2,1-5H3;4-11,24-26H,12-13H2,1-3H3. The van der Waals surface area contributed by atoms with Gasteiger partial charge in [0, 0.05) is 25.7 Å². The van der Waals surface area contributed by atoms with Gasteiger partial charge in [-0.1, -0.05) is 106 Å². The molecule has 6 rings (SSSR count). The molecule has 280 valence electrons. The summed E-state index contributed by atoms with van der Waals surface area (Å²) in [5, 5.41) is 62.8. The van der Waals surface area contributed by atoms with Crippen molar-refractivity contribution in [3.8, 4) is 34.5 Å². The van der Waals surface area contributed by atoms with E-state index in [1.54, 1.807) is 12.1 Å². The molecule has 0 saturated heterocycles. The van der Waals surface area contributed by atoms with Crippen LogP contribution in [0.3, 0.4) is 0 Å². The van der Waals surface area contributed by atoms with E-state index >= 15 is 0 Å². The van der Waals surface area contributed by atoms with Crippen LogP contribution in [-0.2, 0) is 25.7 Å². The normalized spacial score (nSPS) is 11.0. The van der Waals surface area contributed by atoms with Crippen LogP contribution < -0.4 is 0 Å². The zero-order valence-corrected chi connectivity index (χ0v) is 32.6. The molecule has 0 fully saturated rings. The third kappa shape index (κ3) is 9.37. The van der Waals surface area contributed by atoms with Crippen molar-refractivity contribution in [2.45, 2.75) is 81.1 Å². The van der Waals surface area contributed by atoms with E-state index in [9.17, 15) is 30.6 Å². The highest BCUT2D eigenvalue weighted by atomic mass is 16.3. The first-order valence-corrected chi connectivity index (χ1v) is 18.3. The number of rotatable bonds is 8. The summed E-state index contributed by atoms with van der Waals surface area (Å²) in [5.74, 6) is 1.46. The van der Waals surface area contributed by atoms with Crippen LogP contribution in [-0.4, -0.2) is 30.6 Å². The monoisotopic (exact) mass is 724 g/mol. The molecule has 0 aliphatic carbocycles. The highest BCUT2D eigenvalue weighted by Gasteiger charge is 2.17. The molecule has 0 heterocycles. The molecule has 0 aliphatic rings. The van der Waals surface area contributed by atoms with Gasteiger partial charge in [-0.05, 0) is 123 Å². The van der Waals surface area contributed by atoms with E-state index in [0.717, 1.165) is 89.0 Å². The maximum atomic E-state index is 10.9. The lowest BCUT2D eigenvalue weighted by Crippen LogP contribution is -1.98. The third-order valence-electron chi connectivity index (χ3n) is 9.87. The molecule has 0 aromatic heterocycles. The van der Waals surface area contributed by atoms with Gasteiger partial charge in [0.15, 0.2) is 0 Å². The van der Waals surface area contributed by atoms with Crippen molar-refractivity contribution in [2.24, 2.45) is 0 Å². The molecule has 0 radical (unpaired) electrons. The molecule has 0 saturated carbocycles. The average Bonchev–Trinajstić information content (AvgIpc) is 3.09. The van der Waals surface area contributed by atoms with Crippen molar-refractivity contribution < 1.29 is 30.6 Å². The number of phenolic OH excluding ortho intramolecular Hbond substituents is 6. The van der Waals surface area contributed by atoms with E-state index < -0.39 is 0 Å². The second-order valence-electron chi connectivity index (χ2n) is 15.0. The molecule has 6 N–H and O–H groups in total.